The standard InChI is InChI=1S/C19H22N4O4S3/c1-11-6-16(12(2)23(11)15-4-5-30(25,26)10-15)17(24)9-29-19-22-21-18(27-19)7-14-8-28-13(3)20-14/h6,8,15H,4-5,7,9-10H2,1-3H3/t15-/m0/s1. The highest BCUT2D eigenvalue weighted by Crippen LogP contribution is 2.30. The van der Waals surface area contributed by atoms with Crippen LogP contribution in [0.2, 0.25) is 0 Å². The van der Waals surface area contributed by atoms with Gasteiger partial charge in [-0.25, -0.2) is 13.4 Å². The quantitative estimate of drug-likeness (QED) is 0.386. The third-order valence-electron chi connectivity index (χ3n) is 5.13. The van der Waals surface area contributed by atoms with Crippen molar-refractivity contribution in [3.63, 3.8) is 0 Å². The van der Waals surface area contributed by atoms with E-state index in [1.165, 1.54) is 11.8 Å². The van der Waals surface area contributed by atoms with Crippen molar-refractivity contribution in [1.82, 2.24) is 19.7 Å². The molecule has 8 nitrogen and oxygen atoms in total. The van der Waals surface area contributed by atoms with Crippen LogP contribution in [0.25, 0.3) is 0 Å². The lowest BCUT2D eigenvalue weighted by molar-refractivity contribution is 0.102. The highest BCUT2D eigenvalue weighted by molar-refractivity contribution is 7.99. The van der Waals surface area contributed by atoms with Gasteiger partial charge in [-0.2, -0.15) is 0 Å². The van der Waals surface area contributed by atoms with E-state index in [9.17, 15) is 13.2 Å². The monoisotopic (exact) mass is 466 g/mol. The zero-order chi connectivity index (χ0) is 21.5. The van der Waals surface area contributed by atoms with Gasteiger partial charge in [0.15, 0.2) is 15.6 Å². The van der Waals surface area contributed by atoms with Crippen LogP contribution in [0, 0.1) is 20.8 Å². The first-order valence-corrected chi connectivity index (χ1v) is 13.2. The summed E-state index contributed by atoms with van der Waals surface area (Å²) in [4.78, 5) is 17.2. The summed E-state index contributed by atoms with van der Waals surface area (Å²) in [5.74, 6) is 0.930. The van der Waals surface area contributed by atoms with Crippen molar-refractivity contribution in [2.24, 2.45) is 0 Å². The van der Waals surface area contributed by atoms with E-state index in [1.54, 1.807) is 11.3 Å². The fourth-order valence-electron chi connectivity index (χ4n) is 3.82. The Hall–Kier alpha value is -1.98. The largest absolute Gasteiger partial charge is 0.416 e. The number of hydrogen-bond donors (Lipinski definition) is 0. The number of sulfone groups is 1. The topological polar surface area (TPSA) is 108 Å². The van der Waals surface area contributed by atoms with Gasteiger partial charge in [0.25, 0.3) is 5.22 Å². The Morgan fingerprint density at radius 2 is 2.13 bits per heavy atom. The van der Waals surface area contributed by atoms with Crippen LogP contribution in [0.5, 0.6) is 0 Å². The van der Waals surface area contributed by atoms with E-state index in [-0.39, 0.29) is 29.1 Å². The molecule has 0 unspecified atom stereocenters. The van der Waals surface area contributed by atoms with Gasteiger partial charge in [-0.15, -0.1) is 21.5 Å². The molecule has 1 aliphatic rings. The maximum absolute atomic E-state index is 12.8. The minimum atomic E-state index is -2.99. The van der Waals surface area contributed by atoms with Crippen LogP contribution < -0.4 is 0 Å². The number of Topliss-reactive ketones (excluding diaryl/α,β-unsaturated/α-hetero) is 1. The van der Waals surface area contributed by atoms with Crippen LogP contribution in [0.3, 0.4) is 0 Å². The Labute approximate surface area is 183 Å². The molecule has 0 spiro atoms. The molecule has 30 heavy (non-hydrogen) atoms. The second kappa shape index (κ2) is 8.27. The maximum atomic E-state index is 12.8. The van der Waals surface area contributed by atoms with E-state index in [1.807, 2.05) is 36.8 Å². The fraction of sp³-hybridized carbons (Fsp3) is 0.474. The molecule has 11 heteroatoms. The van der Waals surface area contributed by atoms with Gasteiger partial charge in [0.2, 0.25) is 5.89 Å². The number of thiazole rings is 1. The number of carbonyl (C=O) groups is 1. The molecule has 0 saturated carbocycles. The predicted molar refractivity (Wildman–Crippen MR) is 115 cm³/mol. The molecule has 160 valence electrons. The third-order valence-corrected chi connectivity index (χ3v) is 8.52. The predicted octanol–water partition coefficient (Wildman–Crippen LogP) is 3.18. The minimum Gasteiger partial charge on any atom is -0.416 e. The van der Waals surface area contributed by atoms with Gasteiger partial charge >= 0.3 is 0 Å². The average Bonchev–Trinajstić information content (AvgIpc) is 3.43. The summed E-state index contributed by atoms with van der Waals surface area (Å²) < 4.78 is 31.3. The summed E-state index contributed by atoms with van der Waals surface area (Å²) in [6.45, 7) is 5.72. The second-order valence-corrected chi connectivity index (χ2v) is 11.6. The van der Waals surface area contributed by atoms with Gasteiger partial charge in [-0.05, 0) is 33.3 Å². The second-order valence-electron chi connectivity index (χ2n) is 7.42. The number of nitrogens with zero attached hydrogens (tertiary/aromatic N) is 4. The molecule has 1 fully saturated rings. The highest BCUT2D eigenvalue weighted by atomic mass is 32.2. The van der Waals surface area contributed by atoms with E-state index in [4.69, 9.17) is 4.42 Å². The van der Waals surface area contributed by atoms with Gasteiger partial charge in [-0.3, -0.25) is 4.79 Å². The smallest absolute Gasteiger partial charge is 0.277 e. The van der Waals surface area contributed by atoms with Crippen molar-refractivity contribution in [3.05, 3.63) is 45.0 Å². The molecular weight excluding hydrogens is 444 g/mol. The van der Waals surface area contributed by atoms with Gasteiger partial charge in [0.05, 0.1) is 34.4 Å². The third kappa shape index (κ3) is 4.52. The Balaban J connectivity index is 1.41. The van der Waals surface area contributed by atoms with E-state index in [2.05, 4.69) is 15.2 Å². The number of aryl methyl sites for hydroxylation is 2. The Morgan fingerprint density at radius 1 is 1.33 bits per heavy atom. The molecule has 0 amide bonds. The van der Waals surface area contributed by atoms with Crippen molar-refractivity contribution < 1.29 is 17.6 Å². The van der Waals surface area contributed by atoms with Crippen LogP contribution in [0.15, 0.2) is 21.1 Å². The molecule has 1 atom stereocenters. The fourth-order valence-corrected chi connectivity index (χ4v) is 6.79. The molecule has 4 heterocycles. The number of ketones is 1. The number of hydrogen-bond acceptors (Lipinski definition) is 9. The van der Waals surface area contributed by atoms with Gasteiger partial charge in [0.1, 0.15) is 0 Å². The number of carbonyl (C=O) groups excluding carboxylic acids is 1. The van der Waals surface area contributed by atoms with Crippen LogP contribution in [0.4, 0.5) is 0 Å². The summed E-state index contributed by atoms with van der Waals surface area (Å²) in [5, 5.41) is 11.3. The molecule has 0 radical (unpaired) electrons. The number of aromatic nitrogens is 4. The lowest BCUT2D eigenvalue weighted by atomic mass is 10.2. The van der Waals surface area contributed by atoms with Crippen LogP contribution >= 0.6 is 23.1 Å². The Kier molecular flexibility index (Phi) is 5.86. The number of thioether (sulfide) groups is 1. The Morgan fingerprint density at radius 3 is 2.80 bits per heavy atom. The molecule has 1 aliphatic heterocycles. The van der Waals surface area contributed by atoms with Crippen molar-refractivity contribution in [1.29, 1.82) is 0 Å². The average molecular weight is 467 g/mol. The molecule has 0 N–H and O–H groups in total. The molecule has 3 aromatic heterocycles. The van der Waals surface area contributed by atoms with Crippen molar-refractivity contribution in [2.45, 2.75) is 44.9 Å². The SMILES string of the molecule is Cc1nc(Cc2nnc(SCC(=O)c3cc(C)n([C@H]4CCS(=O)(=O)C4)c3C)o2)cs1. The lowest BCUT2D eigenvalue weighted by Crippen LogP contribution is -2.14. The van der Waals surface area contributed by atoms with Gasteiger partial charge in [-0.1, -0.05) is 11.8 Å². The van der Waals surface area contributed by atoms with Crippen molar-refractivity contribution in [3.8, 4) is 0 Å². The van der Waals surface area contributed by atoms with Crippen LogP contribution in [-0.4, -0.2) is 51.2 Å². The first kappa shape index (κ1) is 21.3. The zero-order valence-corrected chi connectivity index (χ0v) is 19.4. The number of rotatable bonds is 7. The van der Waals surface area contributed by atoms with E-state index < -0.39 is 9.84 Å². The van der Waals surface area contributed by atoms with E-state index in [0.29, 0.717) is 29.5 Å². The lowest BCUT2D eigenvalue weighted by Gasteiger charge is -2.16. The van der Waals surface area contributed by atoms with Crippen molar-refractivity contribution in [2.75, 3.05) is 17.3 Å². The molecule has 0 bridgehead atoms. The summed E-state index contributed by atoms with van der Waals surface area (Å²) in [7, 11) is -2.99. The summed E-state index contributed by atoms with van der Waals surface area (Å²) in [6, 6.07) is 1.74. The molecule has 4 rings (SSSR count). The summed E-state index contributed by atoms with van der Waals surface area (Å²) in [5.41, 5.74) is 3.21. The molecular formula is C19H22N4O4S3. The van der Waals surface area contributed by atoms with Crippen molar-refractivity contribution >= 4 is 38.7 Å². The van der Waals surface area contributed by atoms with Crippen LogP contribution in [0.1, 0.15) is 50.8 Å². The molecule has 0 aliphatic carbocycles. The molecule has 3 aromatic rings. The first-order chi connectivity index (χ1) is 14.2. The van der Waals surface area contributed by atoms with E-state index >= 15 is 0 Å². The zero-order valence-electron chi connectivity index (χ0n) is 16.9. The molecule has 1 saturated heterocycles. The van der Waals surface area contributed by atoms with Crippen LogP contribution in [-0.2, 0) is 16.3 Å². The Bertz CT molecular complexity index is 1190. The normalized spacial score (nSPS) is 18.2. The minimum absolute atomic E-state index is 0.0462. The summed E-state index contributed by atoms with van der Waals surface area (Å²) in [6.07, 6.45) is 1.06. The van der Waals surface area contributed by atoms with Gasteiger partial charge in [0, 0.05) is 28.4 Å². The summed E-state index contributed by atoms with van der Waals surface area (Å²) >= 11 is 2.77. The van der Waals surface area contributed by atoms with Gasteiger partial charge < -0.3 is 8.98 Å². The maximum Gasteiger partial charge on any atom is 0.277 e. The first-order valence-electron chi connectivity index (χ1n) is 9.50. The highest BCUT2D eigenvalue weighted by Gasteiger charge is 2.31. The van der Waals surface area contributed by atoms with E-state index in [0.717, 1.165) is 22.1 Å². The molecule has 0 aromatic carbocycles.